The number of rotatable bonds is 2. The van der Waals surface area contributed by atoms with Crippen LogP contribution in [0.4, 0.5) is 0 Å². The second-order valence-electron chi connectivity index (χ2n) is 7.97. The van der Waals surface area contributed by atoms with Crippen molar-refractivity contribution >= 4 is 0 Å². The second kappa shape index (κ2) is 6.64. The minimum absolute atomic E-state index is 0.0924. The maximum absolute atomic E-state index is 9.30. The molecule has 2 N–H and O–H groups in total. The standard InChI is InChI=1S/C17H31N3O/c1-11-6-13(15(10-19-11)17(2,3)4)14-7-12(8-18)9-20-16(14)21-5/h11-16,19-20H,6-7,9-10H2,1-5H3. The van der Waals surface area contributed by atoms with Crippen molar-refractivity contribution in [3.63, 3.8) is 0 Å². The van der Waals surface area contributed by atoms with Gasteiger partial charge in [-0.15, -0.1) is 0 Å². The highest BCUT2D eigenvalue weighted by atomic mass is 16.5. The molecule has 0 aromatic heterocycles. The van der Waals surface area contributed by atoms with E-state index in [4.69, 9.17) is 4.74 Å². The number of hydrogen-bond donors (Lipinski definition) is 2. The van der Waals surface area contributed by atoms with E-state index in [0.717, 1.165) is 19.5 Å². The molecule has 2 fully saturated rings. The van der Waals surface area contributed by atoms with Crippen molar-refractivity contribution in [1.82, 2.24) is 10.6 Å². The number of nitriles is 1. The van der Waals surface area contributed by atoms with E-state index < -0.39 is 0 Å². The van der Waals surface area contributed by atoms with Crippen LogP contribution in [0.1, 0.15) is 40.5 Å². The fraction of sp³-hybridized carbons (Fsp3) is 0.941. The van der Waals surface area contributed by atoms with Crippen molar-refractivity contribution in [3.05, 3.63) is 0 Å². The Morgan fingerprint density at radius 3 is 2.38 bits per heavy atom. The summed E-state index contributed by atoms with van der Waals surface area (Å²) in [4.78, 5) is 0. The van der Waals surface area contributed by atoms with Crippen molar-refractivity contribution in [1.29, 1.82) is 5.26 Å². The molecular formula is C17H31N3O. The minimum atomic E-state index is 0.0924. The lowest BCUT2D eigenvalue weighted by molar-refractivity contribution is -0.0618. The van der Waals surface area contributed by atoms with Gasteiger partial charge in [-0.3, -0.25) is 5.32 Å². The van der Waals surface area contributed by atoms with Crippen molar-refractivity contribution < 1.29 is 4.74 Å². The first-order valence-electron chi connectivity index (χ1n) is 8.26. The summed E-state index contributed by atoms with van der Waals surface area (Å²) in [6, 6.07) is 3.00. The molecule has 0 radical (unpaired) electrons. The Morgan fingerprint density at radius 1 is 1.10 bits per heavy atom. The van der Waals surface area contributed by atoms with Gasteiger partial charge in [0, 0.05) is 25.6 Å². The van der Waals surface area contributed by atoms with Gasteiger partial charge in [-0.1, -0.05) is 20.8 Å². The topological polar surface area (TPSA) is 57.1 Å². The van der Waals surface area contributed by atoms with Gasteiger partial charge in [0.05, 0.1) is 12.0 Å². The van der Waals surface area contributed by atoms with Gasteiger partial charge in [0.1, 0.15) is 6.23 Å². The first-order chi connectivity index (χ1) is 9.86. The summed E-state index contributed by atoms with van der Waals surface area (Å²) in [5.41, 5.74) is 0.273. The van der Waals surface area contributed by atoms with Crippen molar-refractivity contribution in [2.45, 2.75) is 52.8 Å². The van der Waals surface area contributed by atoms with Crippen LogP contribution in [0.3, 0.4) is 0 Å². The molecule has 2 heterocycles. The van der Waals surface area contributed by atoms with Crippen molar-refractivity contribution in [2.24, 2.45) is 29.1 Å². The van der Waals surface area contributed by atoms with Crippen molar-refractivity contribution in [2.75, 3.05) is 20.2 Å². The number of nitrogens with zero attached hydrogens (tertiary/aromatic N) is 1. The van der Waals surface area contributed by atoms with E-state index in [0.29, 0.717) is 23.8 Å². The van der Waals surface area contributed by atoms with Crippen LogP contribution < -0.4 is 10.6 Å². The van der Waals surface area contributed by atoms with Crippen molar-refractivity contribution in [3.8, 4) is 6.07 Å². The predicted molar refractivity (Wildman–Crippen MR) is 84.5 cm³/mol. The third-order valence-electron chi connectivity index (χ3n) is 5.44. The molecule has 2 saturated heterocycles. The number of piperidine rings is 2. The Hall–Kier alpha value is -0.630. The highest BCUT2D eigenvalue weighted by molar-refractivity contribution is 4.99. The molecule has 6 unspecified atom stereocenters. The largest absolute Gasteiger partial charge is 0.366 e. The quantitative estimate of drug-likeness (QED) is 0.820. The molecule has 0 saturated carbocycles. The molecule has 2 rings (SSSR count). The van der Waals surface area contributed by atoms with E-state index in [1.54, 1.807) is 7.11 Å². The molecule has 4 heteroatoms. The van der Waals surface area contributed by atoms with Gasteiger partial charge in [0.2, 0.25) is 0 Å². The molecule has 0 spiro atoms. The molecule has 4 nitrogen and oxygen atoms in total. The zero-order valence-electron chi connectivity index (χ0n) is 14.1. The highest BCUT2D eigenvalue weighted by Gasteiger charge is 2.44. The maximum atomic E-state index is 9.30. The second-order valence-corrected chi connectivity index (χ2v) is 7.97. The van der Waals surface area contributed by atoms with Crippen LogP contribution in [0.5, 0.6) is 0 Å². The fourth-order valence-electron chi connectivity index (χ4n) is 4.26. The molecule has 0 aromatic carbocycles. The van der Waals surface area contributed by atoms with Crippen LogP contribution in [-0.4, -0.2) is 32.5 Å². The molecule has 6 atom stereocenters. The molecular weight excluding hydrogens is 262 g/mol. The normalized spacial score (nSPS) is 41.5. The summed E-state index contributed by atoms with van der Waals surface area (Å²) in [7, 11) is 1.79. The Bertz CT molecular complexity index is 384. The van der Waals surface area contributed by atoms with Crippen LogP contribution in [0.15, 0.2) is 0 Å². The lowest BCUT2D eigenvalue weighted by Gasteiger charge is -2.49. The van der Waals surface area contributed by atoms with E-state index in [1.807, 2.05) is 0 Å². The van der Waals surface area contributed by atoms with Gasteiger partial charge >= 0.3 is 0 Å². The van der Waals surface area contributed by atoms with Crippen LogP contribution in [0.2, 0.25) is 0 Å². The Kier molecular flexibility index (Phi) is 5.29. The number of hydrogen-bond acceptors (Lipinski definition) is 4. The predicted octanol–water partition coefficient (Wildman–Crippen LogP) is 2.37. The molecule has 0 bridgehead atoms. The van der Waals surface area contributed by atoms with Crippen LogP contribution in [0, 0.1) is 40.4 Å². The SMILES string of the molecule is COC1NCC(C#N)CC1C1CC(C)NCC1C(C)(C)C. The summed E-state index contributed by atoms with van der Waals surface area (Å²) in [6.07, 6.45) is 2.23. The van der Waals surface area contributed by atoms with Gasteiger partial charge in [-0.25, -0.2) is 0 Å². The number of methoxy groups -OCH3 is 1. The molecule has 0 aliphatic carbocycles. The van der Waals surface area contributed by atoms with Crippen LogP contribution in [0.25, 0.3) is 0 Å². The zero-order chi connectivity index (χ0) is 15.6. The summed E-state index contributed by atoms with van der Waals surface area (Å²) >= 11 is 0. The maximum Gasteiger partial charge on any atom is 0.110 e. The Labute approximate surface area is 129 Å². The van der Waals surface area contributed by atoms with Gasteiger partial charge < -0.3 is 10.1 Å². The first-order valence-corrected chi connectivity index (χ1v) is 8.26. The highest BCUT2D eigenvalue weighted by Crippen LogP contribution is 2.44. The van der Waals surface area contributed by atoms with Gasteiger partial charge in [0.15, 0.2) is 0 Å². The summed E-state index contributed by atoms with van der Waals surface area (Å²) < 4.78 is 5.71. The number of ether oxygens (including phenoxy) is 1. The minimum Gasteiger partial charge on any atom is -0.366 e. The van der Waals surface area contributed by atoms with E-state index in [-0.39, 0.29) is 17.6 Å². The summed E-state index contributed by atoms with van der Waals surface area (Å²) in [5.74, 6) is 1.78. The fourth-order valence-corrected chi connectivity index (χ4v) is 4.26. The molecule has 21 heavy (non-hydrogen) atoms. The average molecular weight is 293 g/mol. The van der Waals surface area contributed by atoms with E-state index in [1.165, 1.54) is 6.42 Å². The summed E-state index contributed by atoms with van der Waals surface area (Å²) in [6.45, 7) is 11.1. The average Bonchev–Trinajstić information content (AvgIpc) is 2.45. The van der Waals surface area contributed by atoms with E-state index in [2.05, 4.69) is 44.4 Å². The molecule has 120 valence electrons. The molecule has 0 amide bonds. The molecule has 2 aliphatic rings. The van der Waals surface area contributed by atoms with Crippen LogP contribution in [-0.2, 0) is 4.74 Å². The monoisotopic (exact) mass is 293 g/mol. The van der Waals surface area contributed by atoms with Gasteiger partial charge in [0.25, 0.3) is 0 Å². The van der Waals surface area contributed by atoms with E-state index in [9.17, 15) is 5.26 Å². The number of nitrogens with one attached hydrogen (secondary N) is 2. The Morgan fingerprint density at radius 2 is 1.81 bits per heavy atom. The van der Waals surface area contributed by atoms with Crippen LogP contribution >= 0.6 is 0 Å². The lowest BCUT2D eigenvalue weighted by Crippen LogP contribution is -2.56. The van der Waals surface area contributed by atoms with Gasteiger partial charge in [-0.2, -0.15) is 5.26 Å². The zero-order valence-corrected chi connectivity index (χ0v) is 14.1. The third-order valence-corrected chi connectivity index (χ3v) is 5.44. The molecule has 2 aliphatic heterocycles. The Balaban J connectivity index is 2.22. The van der Waals surface area contributed by atoms with E-state index >= 15 is 0 Å². The third kappa shape index (κ3) is 3.77. The lowest BCUT2D eigenvalue weighted by atomic mass is 9.62. The first kappa shape index (κ1) is 16.7. The molecule has 0 aromatic rings. The summed E-state index contributed by atoms with van der Waals surface area (Å²) in [5, 5.41) is 16.4. The smallest absolute Gasteiger partial charge is 0.110 e. The van der Waals surface area contributed by atoms with Gasteiger partial charge in [-0.05, 0) is 43.6 Å².